The number of para-hydroxylation sites is 1. The lowest BCUT2D eigenvalue weighted by molar-refractivity contribution is -0.137. The SMILES string of the molecule is COc1cccc(C=C2NC(=O)N(CCC(=O)O)C2=O)c1OC. The number of methoxy groups -OCH3 is 2. The lowest BCUT2D eigenvalue weighted by atomic mass is 10.1. The van der Waals surface area contributed by atoms with Crippen LogP contribution in [-0.4, -0.2) is 48.7 Å². The lowest BCUT2D eigenvalue weighted by Crippen LogP contribution is -2.32. The molecular weight excluding hydrogens is 304 g/mol. The van der Waals surface area contributed by atoms with Crippen LogP contribution in [-0.2, 0) is 9.59 Å². The standard InChI is InChI=1S/C15H16N2O6/c1-22-11-5-3-4-9(13(11)23-2)8-10-14(20)17(15(21)16-10)7-6-12(18)19/h3-5,8H,6-7H2,1-2H3,(H,16,21)(H,18,19). The average molecular weight is 320 g/mol. The molecular formula is C15H16N2O6. The van der Waals surface area contributed by atoms with Crippen LogP contribution in [0.5, 0.6) is 11.5 Å². The third-order valence-electron chi connectivity index (χ3n) is 3.24. The minimum atomic E-state index is -1.09. The number of carboxylic acids is 1. The minimum Gasteiger partial charge on any atom is -0.493 e. The molecule has 3 amide bonds. The summed E-state index contributed by atoms with van der Waals surface area (Å²) >= 11 is 0. The molecule has 1 aromatic rings. The summed E-state index contributed by atoms with van der Waals surface area (Å²) in [6.45, 7) is -0.188. The summed E-state index contributed by atoms with van der Waals surface area (Å²) < 4.78 is 10.4. The molecule has 0 aliphatic carbocycles. The summed E-state index contributed by atoms with van der Waals surface area (Å²) in [6.07, 6.45) is 1.15. The molecule has 0 saturated carbocycles. The molecule has 23 heavy (non-hydrogen) atoms. The molecule has 1 aliphatic heterocycles. The van der Waals surface area contributed by atoms with Gasteiger partial charge in [-0.3, -0.25) is 14.5 Å². The normalized spacial score (nSPS) is 15.7. The predicted octanol–water partition coefficient (Wildman–Crippen LogP) is 1.07. The van der Waals surface area contributed by atoms with Gasteiger partial charge in [0.25, 0.3) is 5.91 Å². The van der Waals surface area contributed by atoms with Crippen LogP contribution in [0.1, 0.15) is 12.0 Å². The summed E-state index contributed by atoms with van der Waals surface area (Å²) in [5, 5.41) is 11.1. The number of nitrogens with one attached hydrogen (secondary N) is 1. The van der Waals surface area contributed by atoms with Crippen molar-refractivity contribution in [3.63, 3.8) is 0 Å². The van der Waals surface area contributed by atoms with Crippen molar-refractivity contribution in [3.8, 4) is 11.5 Å². The highest BCUT2D eigenvalue weighted by Crippen LogP contribution is 2.32. The van der Waals surface area contributed by atoms with E-state index < -0.39 is 17.9 Å². The molecule has 0 unspecified atom stereocenters. The number of nitrogens with zero attached hydrogens (tertiary/aromatic N) is 1. The number of imide groups is 1. The van der Waals surface area contributed by atoms with Gasteiger partial charge in [0.1, 0.15) is 5.70 Å². The fourth-order valence-corrected chi connectivity index (χ4v) is 2.16. The third kappa shape index (κ3) is 3.42. The molecule has 0 atom stereocenters. The Balaban J connectivity index is 2.29. The summed E-state index contributed by atoms with van der Waals surface area (Å²) in [6, 6.07) is 4.48. The van der Waals surface area contributed by atoms with Crippen molar-refractivity contribution in [2.45, 2.75) is 6.42 Å². The Morgan fingerprint density at radius 3 is 2.65 bits per heavy atom. The first-order valence-corrected chi connectivity index (χ1v) is 6.75. The topological polar surface area (TPSA) is 105 Å². The molecule has 1 heterocycles. The van der Waals surface area contributed by atoms with Crippen molar-refractivity contribution < 1.29 is 29.0 Å². The number of ether oxygens (including phenoxy) is 2. The van der Waals surface area contributed by atoms with Crippen LogP contribution in [0.2, 0.25) is 0 Å². The number of aliphatic carboxylic acids is 1. The molecule has 8 nitrogen and oxygen atoms in total. The molecule has 1 aromatic carbocycles. The molecule has 2 rings (SSSR count). The molecule has 1 saturated heterocycles. The summed E-state index contributed by atoms with van der Waals surface area (Å²) in [5.41, 5.74) is 0.600. The fraction of sp³-hybridized carbons (Fsp3) is 0.267. The second-order valence-corrected chi connectivity index (χ2v) is 4.67. The van der Waals surface area contributed by atoms with Gasteiger partial charge in [0, 0.05) is 12.1 Å². The number of hydrogen-bond donors (Lipinski definition) is 2. The molecule has 0 spiro atoms. The maximum absolute atomic E-state index is 12.2. The van der Waals surface area contributed by atoms with Crippen LogP contribution in [0.25, 0.3) is 6.08 Å². The van der Waals surface area contributed by atoms with Gasteiger partial charge in [0.2, 0.25) is 0 Å². The quantitative estimate of drug-likeness (QED) is 0.600. The summed E-state index contributed by atoms with van der Waals surface area (Å²) in [5.74, 6) is -0.756. The maximum Gasteiger partial charge on any atom is 0.329 e. The van der Waals surface area contributed by atoms with Gasteiger partial charge in [-0.05, 0) is 12.1 Å². The van der Waals surface area contributed by atoms with Gasteiger partial charge < -0.3 is 19.9 Å². The molecule has 2 N–H and O–H groups in total. The van der Waals surface area contributed by atoms with Gasteiger partial charge >= 0.3 is 12.0 Å². The fourth-order valence-electron chi connectivity index (χ4n) is 2.16. The first-order valence-electron chi connectivity index (χ1n) is 6.75. The van der Waals surface area contributed by atoms with Crippen molar-refractivity contribution in [1.29, 1.82) is 0 Å². The lowest BCUT2D eigenvalue weighted by Gasteiger charge is -2.10. The van der Waals surface area contributed by atoms with Crippen molar-refractivity contribution in [1.82, 2.24) is 10.2 Å². The van der Waals surface area contributed by atoms with E-state index in [1.54, 1.807) is 18.2 Å². The zero-order chi connectivity index (χ0) is 17.0. The van der Waals surface area contributed by atoms with E-state index in [1.807, 2.05) is 0 Å². The second-order valence-electron chi connectivity index (χ2n) is 4.67. The number of carboxylic acid groups (broad SMARTS) is 1. The average Bonchev–Trinajstić information content (AvgIpc) is 2.79. The third-order valence-corrected chi connectivity index (χ3v) is 3.24. The number of rotatable bonds is 6. The number of carbonyl (C=O) groups is 3. The van der Waals surface area contributed by atoms with Gasteiger partial charge in [0.15, 0.2) is 11.5 Å². The van der Waals surface area contributed by atoms with Crippen LogP contribution in [0.4, 0.5) is 4.79 Å². The monoisotopic (exact) mass is 320 g/mol. The molecule has 8 heteroatoms. The van der Waals surface area contributed by atoms with E-state index in [0.717, 1.165) is 4.90 Å². The Morgan fingerprint density at radius 2 is 2.04 bits per heavy atom. The number of amides is 3. The summed E-state index contributed by atoms with van der Waals surface area (Å²) in [7, 11) is 2.96. The highest BCUT2D eigenvalue weighted by molar-refractivity contribution is 6.14. The van der Waals surface area contributed by atoms with Crippen LogP contribution in [0, 0.1) is 0 Å². The van der Waals surface area contributed by atoms with Crippen molar-refractivity contribution in [2.75, 3.05) is 20.8 Å². The number of hydrogen-bond acceptors (Lipinski definition) is 5. The Bertz CT molecular complexity index is 683. The largest absolute Gasteiger partial charge is 0.493 e. The van der Waals surface area contributed by atoms with Crippen LogP contribution in [0.15, 0.2) is 23.9 Å². The number of benzene rings is 1. The number of urea groups is 1. The zero-order valence-corrected chi connectivity index (χ0v) is 12.7. The van der Waals surface area contributed by atoms with E-state index in [1.165, 1.54) is 20.3 Å². The Hall–Kier alpha value is -3.03. The van der Waals surface area contributed by atoms with Crippen LogP contribution >= 0.6 is 0 Å². The number of carbonyl (C=O) groups excluding carboxylic acids is 2. The van der Waals surface area contributed by atoms with Gasteiger partial charge in [-0.2, -0.15) is 0 Å². The van der Waals surface area contributed by atoms with Crippen LogP contribution < -0.4 is 14.8 Å². The van der Waals surface area contributed by atoms with E-state index in [-0.39, 0.29) is 18.7 Å². The first-order chi connectivity index (χ1) is 11.0. The van der Waals surface area contributed by atoms with E-state index in [0.29, 0.717) is 17.1 Å². The van der Waals surface area contributed by atoms with Crippen LogP contribution in [0.3, 0.4) is 0 Å². The summed E-state index contributed by atoms with van der Waals surface area (Å²) in [4.78, 5) is 35.4. The zero-order valence-electron chi connectivity index (χ0n) is 12.7. The van der Waals surface area contributed by atoms with Crippen molar-refractivity contribution in [3.05, 3.63) is 29.5 Å². The smallest absolute Gasteiger partial charge is 0.329 e. The molecule has 1 aliphatic rings. The van der Waals surface area contributed by atoms with Gasteiger partial charge in [0.05, 0.1) is 20.6 Å². The van der Waals surface area contributed by atoms with Gasteiger partial charge in [-0.1, -0.05) is 12.1 Å². The molecule has 0 bridgehead atoms. The highest BCUT2D eigenvalue weighted by atomic mass is 16.5. The van der Waals surface area contributed by atoms with E-state index in [2.05, 4.69) is 5.32 Å². The molecule has 0 aromatic heterocycles. The maximum atomic E-state index is 12.2. The molecule has 122 valence electrons. The van der Waals surface area contributed by atoms with E-state index in [4.69, 9.17) is 14.6 Å². The Morgan fingerprint density at radius 1 is 1.30 bits per heavy atom. The Kier molecular flexibility index (Phi) is 4.85. The van der Waals surface area contributed by atoms with Crippen molar-refractivity contribution in [2.24, 2.45) is 0 Å². The van der Waals surface area contributed by atoms with Gasteiger partial charge in [-0.25, -0.2) is 4.79 Å². The minimum absolute atomic E-state index is 0.0481. The van der Waals surface area contributed by atoms with E-state index >= 15 is 0 Å². The first kappa shape index (κ1) is 16.3. The Labute approximate surface area is 132 Å². The van der Waals surface area contributed by atoms with Crippen molar-refractivity contribution >= 4 is 24.0 Å². The van der Waals surface area contributed by atoms with Gasteiger partial charge in [-0.15, -0.1) is 0 Å². The predicted molar refractivity (Wildman–Crippen MR) is 80.0 cm³/mol. The molecule has 1 fully saturated rings. The second kappa shape index (κ2) is 6.82. The molecule has 0 radical (unpaired) electrons. The van der Waals surface area contributed by atoms with E-state index in [9.17, 15) is 14.4 Å². The highest BCUT2D eigenvalue weighted by Gasteiger charge is 2.33.